The van der Waals surface area contributed by atoms with Crippen molar-refractivity contribution in [2.45, 2.75) is 37.8 Å². The standard InChI is InChI=1S/C19H17F5/c1-2-11-3-5-12(6-4-11)13-7-8-15-14(9-13)10-16(20)17(18(15)21)19(22,23)24/h2,7-12H,1,3-6H2. The van der Waals surface area contributed by atoms with Crippen LogP contribution < -0.4 is 0 Å². The van der Waals surface area contributed by atoms with Crippen LogP contribution >= 0.6 is 0 Å². The lowest BCUT2D eigenvalue weighted by Crippen LogP contribution is -2.13. The largest absolute Gasteiger partial charge is 0.422 e. The Morgan fingerprint density at radius 2 is 1.67 bits per heavy atom. The molecule has 2 aromatic rings. The van der Waals surface area contributed by atoms with Crippen molar-refractivity contribution in [1.29, 1.82) is 0 Å². The molecule has 0 heterocycles. The summed E-state index contributed by atoms with van der Waals surface area (Å²) in [5.41, 5.74) is -0.905. The van der Waals surface area contributed by atoms with E-state index in [4.69, 9.17) is 0 Å². The zero-order chi connectivity index (χ0) is 17.5. The molecule has 0 saturated heterocycles. The van der Waals surface area contributed by atoms with E-state index in [2.05, 4.69) is 6.58 Å². The fourth-order valence-electron chi connectivity index (χ4n) is 3.55. The highest BCUT2D eigenvalue weighted by atomic mass is 19.4. The first-order valence-corrected chi connectivity index (χ1v) is 7.92. The van der Waals surface area contributed by atoms with Gasteiger partial charge in [-0.2, -0.15) is 13.2 Å². The Kier molecular flexibility index (Phi) is 4.37. The molecule has 3 rings (SSSR count). The summed E-state index contributed by atoms with van der Waals surface area (Å²) in [5, 5.41) is -0.0337. The number of alkyl halides is 3. The van der Waals surface area contributed by atoms with Crippen LogP contribution in [-0.4, -0.2) is 0 Å². The summed E-state index contributed by atoms with van der Waals surface area (Å²) in [4.78, 5) is 0. The number of hydrogen-bond donors (Lipinski definition) is 0. The number of halogens is 5. The number of fused-ring (bicyclic) bond motifs is 1. The van der Waals surface area contributed by atoms with E-state index >= 15 is 0 Å². The molecule has 0 aromatic heterocycles. The molecule has 0 atom stereocenters. The van der Waals surface area contributed by atoms with Gasteiger partial charge in [-0.1, -0.05) is 24.3 Å². The van der Waals surface area contributed by atoms with Crippen LogP contribution in [0, 0.1) is 17.6 Å². The van der Waals surface area contributed by atoms with Crippen molar-refractivity contribution < 1.29 is 22.0 Å². The molecule has 0 N–H and O–H groups in total. The summed E-state index contributed by atoms with van der Waals surface area (Å²) in [6.45, 7) is 3.80. The third-order valence-electron chi connectivity index (χ3n) is 4.91. The lowest BCUT2D eigenvalue weighted by atomic mass is 9.78. The first-order chi connectivity index (χ1) is 11.3. The van der Waals surface area contributed by atoms with Gasteiger partial charge in [0.05, 0.1) is 0 Å². The number of rotatable bonds is 2. The summed E-state index contributed by atoms with van der Waals surface area (Å²) in [7, 11) is 0. The molecule has 1 fully saturated rings. The molecule has 24 heavy (non-hydrogen) atoms. The SMILES string of the molecule is C=CC1CCC(c2ccc3c(F)c(C(F)(F)F)c(F)cc3c2)CC1. The normalized spacial score (nSPS) is 21.9. The maximum absolute atomic E-state index is 14.1. The minimum atomic E-state index is -5.05. The molecule has 0 bridgehead atoms. The van der Waals surface area contributed by atoms with Crippen LogP contribution in [0.25, 0.3) is 10.8 Å². The molecule has 2 aromatic carbocycles. The summed E-state index contributed by atoms with van der Waals surface area (Å²) >= 11 is 0. The van der Waals surface area contributed by atoms with E-state index in [1.807, 2.05) is 6.08 Å². The molecule has 128 valence electrons. The van der Waals surface area contributed by atoms with Gasteiger partial charge in [0, 0.05) is 5.39 Å². The molecule has 1 aliphatic rings. The first-order valence-electron chi connectivity index (χ1n) is 7.92. The van der Waals surface area contributed by atoms with E-state index < -0.39 is 23.4 Å². The molecular formula is C19H17F5. The lowest BCUT2D eigenvalue weighted by Gasteiger charge is -2.27. The van der Waals surface area contributed by atoms with Crippen molar-refractivity contribution in [2.75, 3.05) is 0 Å². The van der Waals surface area contributed by atoms with E-state index in [1.165, 1.54) is 6.07 Å². The third kappa shape index (κ3) is 3.04. The second-order valence-electron chi connectivity index (χ2n) is 6.37. The maximum Gasteiger partial charge on any atom is 0.422 e. The Hall–Kier alpha value is -1.91. The molecule has 0 spiro atoms. The van der Waals surface area contributed by atoms with Gasteiger partial charge < -0.3 is 0 Å². The summed E-state index contributed by atoms with van der Waals surface area (Å²) in [5.74, 6) is -2.36. The summed E-state index contributed by atoms with van der Waals surface area (Å²) in [6.07, 6.45) is 0.773. The molecule has 0 radical (unpaired) electrons. The van der Waals surface area contributed by atoms with E-state index in [1.54, 1.807) is 12.1 Å². The van der Waals surface area contributed by atoms with Crippen molar-refractivity contribution in [1.82, 2.24) is 0 Å². The van der Waals surface area contributed by atoms with E-state index in [9.17, 15) is 22.0 Å². The Balaban J connectivity index is 1.99. The van der Waals surface area contributed by atoms with Crippen LogP contribution in [0.3, 0.4) is 0 Å². The molecule has 5 heteroatoms. The van der Waals surface area contributed by atoms with Crippen LogP contribution in [-0.2, 0) is 6.18 Å². The molecule has 1 saturated carbocycles. The van der Waals surface area contributed by atoms with E-state index in [0.717, 1.165) is 37.3 Å². The maximum atomic E-state index is 14.1. The summed E-state index contributed by atoms with van der Waals surface area (Å²) in [6, 6.07) is 5.37. The predicted molar refractivity (Wildman–Crippen MR) is 83.8 cm³/mol. The molecule has 0 amide bonds. The Labute approximate surface area is 137 Å². The smallest absolute Gasteiger partial charge is 0.206 e. The zero-order valence-corrected chi connectivity index (χ0v) is 13.0. The highest BCUT2D eigenvalue weighted by Gasteiger charge is 2.38. The van der Waals surface area contributed by atoms with Gasteiger partial charge in [0.15, 0.2) is 0 Å². The predicted octanol–water partition coefficient (Wildman–Crippen LogP) is 6.60. The van der Waals surface area contributed by atoms with Gasteiger partial charge in [-0.3, -0.25) is 0 Å². The summed E-state index contributed by atoms with van der Waals surface area (Å²) < 4.78 is 66.3. The van der Waals surface area contributed by atoms with Gasteiger partial charge >= 0.3 is 6.18 Å². The molecule has 0 unspecified atom stereocenters. The molecular weight excluding hydrogens is 323 g/mol. The number of benzene rings is 2. The quantitative estimate of drug-likeness (QED) is 0.427. The van der Waals surface area contributed by atoms with Gasteiger partial charge in [-0.25, -0.2) is 8.78 Å². The van der Waals surface area contributed by atoms with Crippen molar-refractivity contribution >= 4 is 10.8 Å². The van der Waals surface area contributed by atoms with Gasteiger partial charge in [-0.15, -0.1) is 6.58 Å². The third-order valence-corrected chi connectivity index (χ3v) is 4.91. The number of hydrogen-bond acceptors (Lipinski definition) is 0. The van der Waals surface area contributed by atoms with E-state index in [0.29, 0.717) is 5.92 Å². The Bertz CT molecular complexity index is 767. The van der Waals surface area contributed by atoms with Gasteiger partial charge in [0.1, 0.15) is 17.2 Å². The first kappa shape index (κ1) is 16.9. The van der Waals surface area contributed by atoms with Crippen LogP contribution in [0.15, 0.2) is 36.9 Å². The average Bonchev–Trinajstić information content (AvgIpc) is 2.53. The lowest BCUT2D eigenvalue weighted by molar-refractivity contribution is -0.142. The zero-order valence-electron chi connectivity index (χ0n) is 13.0. The fraction of sp³-hybridized carbons (Fsp3) is 0.368. The molecule has 0 aliphatic heterocycles. The van der Waals surface area contributed by atoms with Crippen LogP contribution in [0.5, 0.6) is 0 Å². The highest BCUT2D eigenvalue weighted by Crippen LogP contribution is 2.40. The number of allylic oxidation sites excluding steroid dienone is 1. The van der Waals surface area contributed by atoms with Gasteiger partial charge in [0.2, 0.25) is 0 Å². The Morgan fingerprint density at radius 3 is 2.25 bits per heavy atom. The van der Waals surface area contributed by atoms with Crippen molar-refractivity contribution in [3.8, 4) is 0 Å². The van der Waals surface area contributed by atoms with Crippen molar-refractivity contribution in [2.24, 2.45) is 5.92 Å². The fourth-order valence-corrected chi connectivity index (χ4v) is 3.55. The van der Waals surface area contributed by atoms with Crippen LogP contribution in [0.4, 0.5) is 22.0 Å². The minimum Gasteiger partial charge on any atom is -0.206 e. The average molecular weight is 340 g/mol. The second kappa shape index (κ2) is 6.19. The van der Waals surface area contributed by atoms with Crippen LogP contribution in [0.2, 0.25) is 0 Å². The van der Waals surface area contributed by atoms with Gasteiger partial charge in [-0.05, 0) is 54.5 Å². The minimum absolute atomic E-state index is 0.168. The van der Waals surface area contributed by atoms with Crippen molar-refractivity contribution in [3.05, 3.63) is 59.7 Å². The second-order valence-corrected chi connectivity index (χ2v) is 6.37. The van der Waals surface area contributed by atoms with Gasteiger partial charge in [0.25, 0.3) is 0 Å². The highest BCUT2D eigenvalue weighted by molar-refractivity contribution is 5.85. The topological polar surface area (TPSA) is 0 Å². The molecule has 0 nitrogen and oxygen atoms in total. The van der Waals surface area contributed by atoms with Crippen LogP contribution in [0.1, 0.15) is 42.7 Å². The Morgan fingerprint density at radius 1 is 1.00 bits per heavy atom. The van der Waals surface area contributed by atoms with E-state index in [-0.39, 0.29) is 16.7 Å². The molecule has 1 aliphatic carbocycles. The van der Waals surface area contributed by atoms with Crippen molar-refractivity contribution in [3.63, 3.8) is 0 Å². The monoisotopic (exact) mass is 340 g/mol.